The maximum atomic E-state index is 13.7. The Morgan fingerprint density at radius 3 is 2.05 bits per heavy atom. The number of carbonyl (C=O) groups is 2. The third-order valence-electron chi connectivity index (χ3n) is 5.54. The van der Waals surface area contributed by atoms with Crippen molar-refractivity contribution in [2.75, 3.05) is 44.1 Å². The first-order chi connectivity index (χ1) is 18.1. The van der Waals surface area contributed by atoms with Gasteiger partial charge in [-0.1, -0.05) is 17.7 Å². The molecule has 0 spiro atoms. The first-order valence-electron chi connectivity index (χ1n) is 11.6. The summed E-state index contributed by atoms with van der Waals surface area (Å²) in [5, 5.41) is 2.61. The van der Waals surface area contributed by atoms with Gasteiger partial charge in [-0.2, -0.15) is 0 Å². The SMILES string of the molecule is CCOc1ccc(S(=O)(=O)N(CC(=O)Nc2cc(OC)c(OC)cc2C(=O)OC)c2ccc(C)cc2)cc1. The Balaban J connectivity index is 1.99. The summed E-state index contributed by atoms with van der Waals surface area (Å²) in [7, 11) is -0.147. The quantitative estimate of drug-likeness (QED) is 0.361. The number of anilines is 2. The topological polar surface area (TPSA) is 120 Å². The maximum Gasteiger partial charge on any atom is 0.340 e. The van der Waals surface area contributed by atoms with Crippen molar-refractivity contribution in [1.82, 2.24) is 0 Å². The molecule has 1 N–H and O–H groups in total. The van der Waals surface area contributed by atoms with Crippen LogP contribution in [0, 0.1) is 6.92 Å². The number of amides is 1. The van der Waals surface area contributed by atoms with Gasteiger partial charge in [0.25, 0.3) is 10.0 Å². The third kappa shape index (κ3) is 6.35. The minimum Gasteiger partial charge on any atom is -0.494 e. The summed E-state index contributed by atoms with van der Waals surface area (Å²) in [6.07, 6.45) is 0. The van der Waals surface area contributed by atoms with Crippen LogP contribution in [0.5, 0.6) is 17.2 Å². The Morgan fingerprint density at radius 2 is 1.50 bits per heavy atom. The van der Waals surface area contributed by atoms with E-state index >= 15 is 0 Å². The van der Waals surface area contributed by atoms with E-state index in [-0.39, 0.29) is 27.6 Å². The van der Waals surface area contributed by atoms with Gasteiger partial charge >= 0.3 is 5.97 Å². The van der Waals surface area contributed by atoms with Gasteiger partial charge in [0, 0.05) is 12.1 Å². The van der Waals surface area contributed by atoms with Crippen LogP contribution in [0.3, 0.4) is 0 Å². The molecule has 0 saturated heterocycles. The normalized spacial score (nSPS) is 10.9. The summed E-state index contributed by atoms with van der Waals surface area (Å²) in [5.74, 6) is -0.385. The first-order valence-corrected chi connectivity index (χ1v) is 13.0. The Bertz CT molecular complexity index is 1390. The van der Waals surface area contributed by atoms with Crippen LogP contribution in [0.2, 0.25) is 0 Å². The number of rotatable bonds is 11. The van der Waals surface area contributed by atoms with Gasteiger partial charge in [-0.25, -0.2) is 13.2 Å². The lowest BCUT2D eigenvalue weighted by Crippen LogP contribution is -2.38. The molecular weight excluding hydrogens is 512 g/mol. The zero-order chi connectivity index (χ0) is 27.9. The minimum atomic E-state index is -4.16. The molecule has 11 heteroatoms. The fraction of sp³-hybridized carbons (Fsp3) is 0.259. The van der Waals surface area contributed by atoms with Gasteiger partial charge in [-0.05, 0) is 50.2 Å². The fourth-order valence-corrected chi connectivity index (χ4v) is 5.03. The summed E-state index contributed by atoms with van der Waals surface area (Å²) in [5.41, 5.74) is 1.29. The van der Waals surface area contributed by atoms with Crippen molar-refractivity contribution in [3.05, 3.63) is 71.8 Å². The molecule has 3 aromatic carbocycles. The Hall–Kier alpha value is -4.25. The van der Waals surface area contributed by atoms with Gasteiger partial charge in [0.1, 0.15) is 12.3 Å². The number of hydrogen-bond acceptors (Lipinski definition) is 8. The number of nitrogens with one attached hydrogen (secondary N) is 1. The molecule has 0 saturated carbocycles. The van der Waals surface area contributed by atoms with E-state index in [1.165, 1.54) is 45.6 Å². The number of aryl methyl sites for hydroxylation is 1. The number of sulfonamides is 1. The van der Waals surface area contributed by atoms with Crippen LogP contribution < -0.4 is 23.8 Å². The molecule has 3 aromatic rings. The lowest BCUT2D eigenvalue weighted by molar-refractivity contribution is -0.114. The lowest BCUT2D eigenvalue weighted by Gasteiger charge is -2.24. The predicted octanol–water partition coefficient (Wildman–Crippen LogP) is 4.03. The zero-order valence-corrected chi connectivity index (χ0v) is 22.6. The summed E-state index contributed by atoms with van der Waals surface area (Å²) in [4.78, 5) is 25.6. The van der Waals surface area contributed by atoms with E-state index in [0.717, 1.165) is 9.87 Å². The van der Waals surface area contributed by atoms with Crippen LogP contribution in [-0.2, 0) is 19.6 Å². The summed E-state index contributed by atoms with van der Waals surface area (Å²) < 4.78 is 49.1. The second kappa shape index (κ2) is 12.3. The second-order valence-corrected chi connectivity index (χ2v) is 9.91. The van der Waals surface area contributed by atoms with E-state index in [0.29, 0.717) is 18.0 Å². The molecule has 10 nitrogen and oxygen atoms in total. The largest absolute Gasteiger partial charge is 0.494 e. The summed E-state index contributed by atoms with van der Waals surface area (Å²) in [6.45, 7) is 3.55. The van der Waals surface area contributed by atoms with Crippen molar-refractivity contribution in [3.8, 4) is 17.2 Å². The van der Waals surface area contributed by atoms with Crippen molar-refractivity contribution in [1.29, 1.82) is 0 Å². The van der Waals surface area contributed by atoms with E-state index < -0.39 is 28.4 Å². The average molecular weight is 543 g/mol. The number of benzene rings is 3. The molecule has 0 aliphatic carbocycles. The predicted molar refractivity (Wildman–Crippen MR) is 143 cm³/mol. The highest BCUT2D eigenvalue weighted by Gasteiger charge is 2.28. The Labute approximate surface area is 222 Å². The molecule has 0 atom stereocenters. The van der Waals surface area contributed by atoms with Crippen molar-refractivity contribution >= 4 is 33.3 Å². The van der Waals surface area contributed by atoms with Crippen LogP contribution in [0.1, 0.15) is 22.8 Å². The number of carbonyl (C=O) groups excluding carboxylic acids is 2. The Morgan fingerprint density at radius 1 is 0.895 bits per heavy atom. The average Bonchev–Trinajstić information content (AvgIpc) is 2.92. The van der Waals surface area contributed by atoms with Crippen LogP contribution >= 0.6 is 0 Å². The van der Waals surface area contributed by atoms with Gasteiger partial charge in [0.05, 0.1) is 49.8 Å². The summed E-state index contributed by atoms with van der Waals surface area (Å²) in [6, 6.07) is 15.4. The minimum absolute atomic E-state index is 0.00903. The van der Waals surface area contributed by atoms with Gasteiger partial charge in [-0.3, -0.25) is 9.10 Å². The summed E-state index contributed by atoms with van der Waals surface area (Å²) >= 11 is 0. The van der Waals surface area contributed by atoms with Crippen molar-refractivity contribution in [3.63, 3.8) is 0 Å². The van der Waals surface area contributed by atoms with Crippen LogP contribution in [0.25, 0.3) is 0 Å². The highest BCUT2D eigenvalue weighted by Crippen LogP contribution is 2.34. The van der Waals surface area contributed by atoms with Gasteiger partial charge in [0.15, 0.2) is 11.5 Å². The van der Waals surface area contributed by atoms with Gasteiger partial charge in [-0.15, -0.1) is 0 Å². The molecule has 0 heterocycles. The molecule has 0 bridgehead atoms. The number of ether oxygens (including phenoxy) is 4. The molecule has 1 amide bonds. The molecule has 202 valence electrons. The van der Waals surface area contributed by atoms with E-state index in [4.69, 9.17) is 18.9 Å². The van der Waals surface area contributed by atoms with E-state index in [1.807, 2.05) is 13.8 Å². The van der Waals surface area contributed by atoms with Crippen LogP contribution in [0.15, 0.2) is 65.6 Å². The third-order valence-corrected chi connectivity index (χ3v) is 7.32. The lowest BCUT2D eigenvalue weighted by atomic mass is 10.1. The van der Waals surface area contributed by atoms with E-state index in [9.17, 15) is 18.0 Å². The molecule has 3 rings (SSSR count). The number of nitrogens with zero attached hydrogens (tertiary/aromatic N) is 1. The molecule has 0 fully saturated rings. The van der Waals surface area contributed by atoms with E-state index in [1.54, 1.807) is 36.4 Å². The fourth-order valence-electron chi connectivity index (χ4n) is 3.61. The monoisotopic (exact) mass is 542 g/mol. The van der Waals surface area contributed by atoms with Crippen LogP contribution in [0.4, 0.5) is 11.4 Å². The number of methoxy groups -OCH3 is 3. The molecular formula is C27H30N2O8S. The van der Waals surface area contributed by atoms with Crippen molar-refractivity contribution in [2.24, 2.45) is 0 Å². The van der Waals surface area contributed by atoms with Crippen molar-refractivity contribution < 1.29 is 37.0 Å². The van der Waals surface area contributed by atoms with Gasteiger partial charge < -0.3 is 24.3 Å². The Kier molecular flexibility index (Phi) is 9.19. The first kappa shape index (κ1) is 28.3. The zero-order valence-electron chi connectivity index (χ0n) is 21.8. The molecule has 0 aromatic heterocycles. The second-order valence-electron chi connectivity index (χ2n) is 8.04. The highest BCUT2D eigenvalue weighted by molar-refractivity contribution is 7.92. The smallest absolute Gasteiger partial charge is 0.340 e. The number of esters is 1. The standard InChI is InChI=1S/C27H30N2O8S/c1-6-37-20-11-13-21(14-12-20)38(32,33)29(19-9-7-18(2)8-10-19)17-26(30)28-23-16-25(35-4)24(34-3)15-22(23)27(31)36-5/h7-16H,6,17H2,1-5H3,(H,28,30). The highest BCUT2D eigenvalue weighted by atomic mass is 32.2. The molecule has 0 aliphatic heterocycles. The van der Waals surface area contributed by atoms with E-state index in [2.05, 4.69) is 5.32 Å². The molecule has 0 aliphatic rings. The molecule has 0 radical (unpaired) electrons. The molecule has 38 heavy (non-hydrogen) atoms. The van der Waals surface area contributed by atoms with Crippen molar-refractivity contribution in [2.45, 2.75) is 18.7 Å². The van der Waals surface area contributed by atoms with Gasteiger partial charge in [0.2, 0.25) is 5.91 Å². The number of hydrogen-bond donors (Lipinski definition) is 1. The van der Waals surface area contributed by atoms with Crippen LogP contribution in [-0.4, -0.2) is 54.8 Å². The molecule has 0 unspecified atom stereocenters. The maximum absolute atomic E-state index is 13.7.